The van der Waals surface area contributed by atoms with Crippen LogP contribution in [-0.2, 0) is 17.4 Å². The van der Waals surface area contributed by atoms with Gasteiger partial charge in [-0.15, -0.1) is 10.2 Å². The number of benzene rings is 1. The molecular weight excluding hydrogens is 385 g/mol. The van der Waals surface area contributed by atoms with Crippen LogP contribution in [0, 0.1) is 6.92 Å². The van der Waals surface area contributed by atoms with Crippen molar-refractivity contribution < 1.29 is 23.1 Å². The van der Waals surface area contributed by atoms with Gasteiger partial charge in [0.2, 0.25) is 5.91 Å². The zero-order valence-electron chi connectivity index (χ0n) is 16.1. The Hall–Kier alpha value is -2.84. The molecule has 1 aromatic carbocycles. The van der Waals surface area contributed by atoms with Crippen molar-refractivity contribution in [1.82, 2.24) is 15.1 Å². The average Bonchev–Trinajstić information content (AvgIpc) is 3.06. The molecule has 1 saturated heterocycles. The van der Waals surface area contributed by atoms with Crippen molar-refractivity contribution in [2.75, 3.05) is 25.0 Å². The number of likely N-dealkylation sites (N-methyl/N-ethyl adjacent to an activating group) is 1. The number of amides is 1. The lowest BCUT2D eigenvalue weighted by atomic mass is 9.99. The summed E-state index contributed by atoms with van der Waals surface area (Å²) in [6, 6.07) is 3.18. The Balaban J connectivity index is 1.68. The number of aromatic nitrogens is 2. The maximum Gasteiger partial charge on any atom is 0.416 e. The summed E-state index contributed by atoms with van der Waals surface area (Å²) in [7, 11) is 1.79. The number of alkyl halides is 3. The lowest BCUT2D eigenvalue weighted by molar-refractivity contribution is -0.137. The highest BCUT2D eigenvalue weighted by Crippen LogP contribution is 2.40. The van der Waals surface area contributed by atoms with Crippen LogP contribution in [0.4, 0.5) is 19.0 Å². The maximum absolute atomic E-state index is 13.0. The number of aryl methyl sites for hydroxylation is 1. The molecule has 2 aliphatic rings. The summed E-state index contributed by atoms with van der Waals surface area (Å²) in [6.07, 6.45) is -2.20. The summed E-state index contributed by atoms with van der Waals surface area (Å²) < 4.78 is 38.9. The zero-order chi connectivity index (χ0) is 20.9. The SMILES string of the molecule is Cc1cc(C(F)(F)F)cc(O)c1-c1cc2c(nn1)N([C@@H]1CCCN(C)C1=O)CC2. The molecule has 0 aliphatic carbocycles. The fourth-order valence-corrected chi connectivity index (χ4v) is 4.19. The molecule has 1 N–H and O–H groups in total. The van der Waals surface area contributed by atoms with Gasteiger partial charge in [-0.05, 0) is 49.9 Å². The Morgan fingerprint density at radius 1 is 1.17 bits per heavy atom. The third-order valence-electron chi connectivity index (χ3n) is 5.65. The van der Waals surface area contributed by atoms with Crippen LogP contribution in [0.15, 0.2) is 18.2 Å². The number of carbonyl (C=O) groups is 1. The Morgan fingerprint density at radius 2 is 1.93 bits per heavy atom. The van der Waals surface area contributed by atoms with Crippen molar-refractivity contribution >= 4 is 11.7 Å². The number of phenols is 1. The van der Waals surface area contributed by atoms with E-state index in [4.69, 9.17) is 0 Å². The first kappa shape index (κ1) is 19.5. The average molecular weight is 406 g/mol. The van der Waals surface area contributed by atoms with Gasteiger partial charge in [-0.25, -0.2) is 0 Å². The zero-order valence-corrected chi connectivity index (χ0v) is 16.1. The fourth-order valence-electron chi connectivity index (χ4n) is 4.19. The van der Waals surface area contributed by atoms with Gasteiger partial charge in [0.05, 0.1) is 11.3 Å². The smallest absolute Gasteiger partial charge is 0.416 e. The number of piperidine rings is 1. The third-order valence-corrected chi connectivity index (χ3v) is 5.65. The molecule has 1 amide bonds. The number of likely N-dealkylation sites (tertiary alicyclic amines) is 1. The molecular formula is C20H21F3N4O2. The molecule has 1 aromatic heterocycles. The predicted octanol–water partition coefficient (Wildman–Crippen LogP) is 3.16. The topological polar surface area (TPSA) is 69.6 Å². The molecule has 6 nitrogen and oxygen atoms in total. The highest BCUT2D eigenvalue weighted by molar-refractivity contribution is 5.86. The molecule has 2 aliphatic heterocycles. The van der Waals surface area contributed by atoms with Gasteiger partial charge >= 0.3 is 6.18 Å². The minimum absolute atomic E-state index is 0.0613. The molecule has 0 unspecified atom stereocenters. The molecule has 1 fully saturated rings. The van der Waals surface area contributed by atoms with Crippen LogP contribution in [0.1, 0.15) is 29.5 Å². The molecule has 0 saturated carbocycles. The summed E-state index contributed by atoms with van der Waals surface area (Å²) in [5.74, 6) is 0.211. The minimum Gasteiger partial charge on any atom is -0.507 e. The molecule has 0 bridgehead atoms. The second-order valence-corrected chi connectivity index (χ2v) is 7.62. The summed E-state index contributed by atoms with van der Waals surface area (Å²) in [5.41, 5.74) is 0.790. The van der Waals surface area contributed by atoms with E-state index < -0.39 is 17.5 Å². The van der Waals surface area contributed by atoms with Gasteiger partial charge in [-0.3, -0.25) is 4.79 Å². The van der Waals surface area contributed by atoms with Crippen molar-refractivity contribution in [2.24, 2.45) is 0 Å². The van der Waals surface area contributed by atoms with Gasteiger partial charge in [-0.1, -0.05) is 0 Å². The Kier molecular flexibility index (Phi) is 4.63. The van der Waals surface area contributed by atoms with E-state index in [9.17, 15) is 23.1 Å². The maximum atomic E-state index is 13.0. The normalized spacial score (nSPS) is 19.6. The van der Waals surface area contributed by atoms with E-state index in [0.29, 0.717) is 30.5 Å². The third kappa shape index (κ3) is 3.38. The van der Waals surface area contributed by atoms with Crippen LogP contribution in [-0.4, -0.2) is 52.3 Å². The Bertz CT molecular complexity index is 954. The summed E-state index contributed by atoms with van der Waals surface area (Å²) in [6.45, 7) is 2.88. The van der Waals surface area contributed by atoms with Crippen LogP contribution in [0.2, 0.25) is 0 Å². The van der Waals surface area contributed by atoms with E-state index in [2.05, 4.69) is 10.2 Å². The standard InChI is InChI=1S/C20H21F3N4O2/c1-11-8-13(20(21,22)23)10-16(28)17(11)14-9-12-5-7-27(18(12)25-24-14)15-4-3-6-26(2)19(15)29/h8-10,15,28H,3-7H2,1-2H3/t15-/m1/s1. The van der Waals surface area contributed by atoms with Crippen molar-refractivity contribution in [2.45, 2.75) is 38.4 Å². The van der Waals surface area contributed by atoms with E-state index in [0.717, 1.165) is 31.0 Å². The molecule has 3 heterocycles. The number of aromatic hydroxyl groups is 1. The van der Waals surface area contributed by atoms with E-state index in [1.165, 1.54) is 6.92 Å². The largest absolute Gasteiger partial charge is 0.507 e. The number of carbonyl (C=O) groups excluding carboxylic acids is 1. The molecule has 0 spiro atoms. The number of rotatable bonds is 2. The van der Waals surface area contributed by atoms with Gasteiger partial charge in [0, 0.05) is 31.3 Å². The van der Waals surface area contributed by atoms with E-state index in [1.807, 2.05) is 4.90 Å². The van der Waals surface area contributed by atoms with Gasteiger partial charge in [0.1, 0.15) is 11.8 Å². The van der Waals surface area contributed by atoms with Crippen LogP contribution in [0.5, 0.6) is 5.75 Å². The first-order valence-electron chi connectivity index (χ1n) is 9.46. The van der Waals surface area contributed by atoms with Crippen molar-refractivity contribution in [3.63, 3.8) is 0 Å². The highest BCUT2D eigenvalue weighted by Gasteiger charge is 2.36. The lowest BCUT2D eigenvalue weighted by Crippen LogP contribution is -2.51. The van der Waals surface area contributed by atoms with Crippen molar-refractivity contribution in [3.8, 4) is 17.0 Å². The lowest BCUT2D eigenvalue weighted by Gasteiger charge is -2.35. The Morgan fingerprint density at radius 3 is 2.62 bits per heavy atom. The second kappa shape index (κ2) is 6.89. The summed E-state index contributed by atoms with van der Waals surface area (Å²) in [5, 5.41) is 18.7. The van der Waals surface area contributed by atoms with Crippen LogP contribution < -0.4 is 4.90 Å². The fraction of sp³-hybridized carbons (Fsp3) is 0.450. The number of hydrogen-bond donors (Lipinski definition) is 1. The van der Waals surface area contributed by atoms with Crippen LogP contribution >= 0.6 is 0 Å². The van der Waals surface area contributed by atoms with Gasteiger partial charge in [0.25, 0.3) is 0 Å². The van der Waals surface area contributed by atoms with Gasteiger partial charge in [0.15, 0.2) is 5.82 Å². The van der Waals surface area contributed by atoms with E-state index in [-0.39, 0.29) is 23.1 Å². The van der Waals surface area contributed by atoms with Crippen molar-refractivity contribution in [1.29, 1.82) is 0 Å². The molecule has 4 rings (SSSR count). The second-order valence-electron chi connectivity index (χ2n) is 7.62. The minimum atomic E-state index is -4.54. The Labute approximate surface area is 166 Å². The predicted molar refractivity (Wildman–Crippen MR) is 101 cm³/mol. The van der Waals surface area contributed by atoms with Gasteiger partial charge in [-0.2, -0.15) is 13.2 Å². The molecule has 2 aromatic rings. The van der Waals surface area contributed by atoms with E-state index >= 15 is 0 Å². The molecule has 29 heavy (non-hydrogen) atoms. The molecule has 9 heteroatoms. The van der Waals surface area contributed by atoms with E-state index in [1.54, 1.807) is 18.0 Å². The van der Waals surface area contributed by atoms with Crippen LogP contribution in [0.25, 0.3) is 11.3 Å². The van der Waals surface area contributed by atoms with Gasteiger partial charge < -0.3 is 14.9 Å². The number of halogens is 3. The molecule has 1 atom stereocenters. The summed E-state index contributed by atoms with van der Waals surface area (Å²) in [4.78, 5) is 16.2. The quantitative estimate of drug-likeness (QED) is 0.830. The first-order chi connectivity index (χ1) is 13.7. The number of fused-ring (bicyclic) bond motifs is 1. The number of nitrogens with zero attached hydrogens (tertiary/aromatic N) is 4. The number of hydrogen-bond acceptors (Lipinski definition) is 5. The molecule has 0 radical (unpaired) electrons. The van der Waals surface area contributed by atoms with Crippen molar-refractivity contribution in [3.05, 3.63) is 34.9 Å². The highest BCUT2D eigenvalue weighted by atomic mass is 19.4. The monoisotopic (exact) mass is 406 g/mol. The number of phenolic OH excluding ortho intramolecular Hbond substituents is 1. The summed E-state index contributed by atoms with van der Waals surface area (Å²) >= 11 is 0. The molecule has 154 valence electrons. The first-order valence-corrected chi connectivity index (χ1v) is 9.46. The van der Waals surface area contributed by atoms with Crippen LogP contribution in [0.3, 0.4) is 0 Å². The number of anilines is 1.